The summed E-state index contributed by atoms with van der Waals surface area (Å²) in [6.45, 7) is 5.67. The van der Waals surface area contributed by atoms with Gasteiger partial charge in [-0.05, 0) is 32.9 Å². The number of ether oxygens (including phenoxy) is 1. The summed E-state index contributed by atoms with van der Waals surface area (Å²) in [6.07, 6.45) is 0. The molecule has 0 aliphatic rings. The average Bonchev–Trinajstić information content (AvgIpc) is 2.40. The van der Waals surface area contributed by atoms with E-state index in [1.165, 1.54) is 0 Å². The van der Waals surface area contributed by atoms with E-state index in [4.69, 9.17) is 15.7 Å². The van der Waals surface area contributed by atoms with Crippen molar-refractivity contribution >= 4 is 5.84 Å². The minimum absolute atomic E-state index is 0.0166. The molecule has 2 rings (SSSR count). The zero-order valence-electron chi connectivity index (χ0n) is 11.7. The summed E-state index contributed by atoms with van der Waals surface area (Å²) in [6, 6.07) is 9.42. The van der Waals surface area contributed by atoms with Gasteiger partial charge in [-0.2, -0.15) is 0 Å². The number of nitrogens with zero attached hydrogens (tertiary/aromatic N) is 2. The summed E-state index contributed by atoms with van der Waals surface area (Å²) in [5.74, 6) is 1.19. The number of pyridine rings is 1. The Kier molecular flexibility index (Phi) is 3.89. The molecule has 0 saturated heterocycles. The van der Waals surface area contributed by atoms with Gasteiger partial charge in [0.25, 0.3) is 0 Å². The zero-order valence-corrected chi connectivity index (χ0v) is 11.7. The molecule has 0 amide bonds. The first-order chi connectivity index (χ1) is 9.51. The molecule has 3 N–H and O–H groups in total. The molecule has 2 aromatic rings. The van der Waals surface area contributed by atoms with Gasteiger partial charge in [-0.15, -0.1) is 0 Å². The van der Waals surface area contributed by atoms with Gasteiger partial charge in [0.1, 0.15) is 11.5 Å². The summed E-state index contributed by atoms with van der Waals surface area (Å²) in [7, 11) is 0. The molecule has 1 aromatic heterocycles. The van der Waals surface area contributed by atoms with E-state index in [2.05, 4.69) is 10.1 Å². The van der Waals surface area contributed by atoms with Crippen LogP contribution in [0.2, 0.25) is 0 Å². The molecular weight excluding hydrogens is 254 g/mol. The lowest BCUT2D eigenvalue weighted by atomic mass is 10.1. The maximum Gasteiger partial charge on any atom is 0.175 e. The molecule has 1 heterocycles. The minimum Gasteiger partial charge on any atom is -0.456 e. The van der Waals surface area contributed by atoms with Gasteiger partial charge < -0.3 is 15.7 Å². The predicted octanol–water partition coefficient (Wildman–Crippen LogP) is 2.89. The molecule has 0 bridgehead atoms. The molecular formula is C15H17N3O2. The molecule has 0 saturated carbocycles. The van der Waals surface area contributed by atoms with Crippen molar-refractivity contribution in [1.29, 1.82) is 0 Å². The van der Waals surface area contributed by atoms with Crippen LogP contribution in [0, 0.1) is 20.8 Å². The number of nitrogens with two attached hydrogens (primary N) is 1. The molecule has 0 fully saturated rings. The average molecular weight is 271 g/mol. The van der Waals surface area contributed by atoms with Crippen LogP contribution in [0.25, 0.3) is 0 Å². The van der Waals surface area contributed by atoms with Crippen LogP contribution in [-0.2, 0) is 0 Å². The van der Waals surface area contributed by atoms with Gasteiger partial charge in [-0.1, -0.05) is 22.9 Å². The largest absolute Gasteiger partial charge is 0.456 e. The van der Waals surface area contributed by atoms with Crippen molar-refractivity contribution in [2.45, 2.75) is 20.8 Å². The number of hydrogen-bond acceptors (Lipinski definition) is 4. The van der Waals surface area contributed by atoms with Crippen molar-refractivity contribution in [2.75, 3.05) is 0 Å². The lowest BCUT2D eigenvalue weighted by Gasteiger charge is -2.13. The van der Waals surface area contributed by atoms with E-state index in [0.29, 0.717) is 22.8 Å². The molecule has 0 spiro atoms. The summed E-state index contributed by atoms with van der Waals surface area (Å²) >= 11 is 0. The van der Waals surface area contributed by atoms with Gasteiger partial charge in [0.15, 0.2) is 5.84 Å². The first-order valence-electron chi connectivity index (χ1n) is 6.22. The fraction of sp³-hybridized carbons (Fsp3) is 0.200. The van der Waals surface area contributed by atoms with Crippen molar-refractivity contribution in [3.05, 3.63) is 52.8 Å². The van der Waals surface area contributed by atoms with Crippen LogP contribution in [0.4, 0.5) is 0 Å². The van der Waals surface area contributed by atoms with Gasteiger partial charge in [0, 0.05) is 11.8 Å². The van der Waals surface area contributed by atoms with E-state index < -0.39 is 0 Å². The fourth-order valence-electron chi connectivity index (χ4n) is 1.97. The van der Waals surface area contributed by atoms with E-state index >= 15 is 0 Å². The molecule has 0 aliphatic carbocycles. The molecule has 0 atom stereocenters. The van der Waals surface area contributed by atoms with Crippen molar-refractivity contribution in [3.63, 3.8) is 0 Å². The summed E-state index contributed by atoms with van der Waals surface area (Å²) in [5.41, 5.74) is 8.81. The molecule has 0 aliphatic heterocycles. The van der Waals surface area contributed by atoms with E-state index in [9.17, 15) is 0 Å². The van der Waals surface area contributed by atoms with E-state index in [0.717, 1.165) is 11.3 Å². The third kappa shape index (κ3) is 2.88. The lowest BCUT2D eigenvalue weighted by molar-refractivity contribution is 0.318. The van der Waals surface area contributed by atoms with Gasteiger partial charge in [-0.3, -0.25) is 4.98 Å². The maximum atomic E-state index is 8.89. The Bertz CT molecular complexity index is 649. The second-order valence-electron chi connectivity index (χ2n) is 4.62. The Hall–Kier alpha value is -2.56. The van der Waals surface area contributed by atoms with E-state index in [-0.39, 0.29) is 5.84 Å². The van der Waals surface area contributed by atoms with Crippen LogP contribution in [-0.4, -0.2) is 16.0 Å². The molecule has 20 heavy (non-hydrogen) atoms. The van der Waals surface area contributed by atoms with Gasteiger partial charge >= 0.3 is 0 Å². The van der Waals surface area contributed by atoms with Crippen molar-refractivity contribution in [2.24, 2.45) is 10.9 Å². The number of rotatable bonds is 3. The van der Waals surface area contributed by atoms with E-state index in [1.807, 2.05) is 38.1 Å². The molecule has 0 unspecified atom stereocenters. The van der Waals surface area contributed by atoms with Gasteiger partial charge in [0.2, 0.25) is 0 Å². The highest BCUT2D eigenvalue weighted by Crippen LogP contribution is 2.27. The van der Waals surface area contributed by atoms with E-state index in [1.54, 1.807) is 13.0 Å². The number of benzene rings is 1. The third-order valence-electron chi connectivity index (χ3n) is 2.90. The van der Waals surface area contributed by atoms with Crippen LogP contribution in [0.1, 0.15) is 22.5 Å². The quantitative estimate of drug-likeness (QED) is 0.389. The lowest BCUT2D eigenvalue weighted by Crippen LogP contribution is -2.17. The Balaban J connectivity index is 2.47. The van der Waals surface area contributed by atoms with Crippen molar-refractivity contribution < 1.29 is 9.94 Å². The molecule has 5 nitrogen and oxygen atoms in total. The summed E-state index contributed by atoms with van der Waals surface area (Å²) in [4.78, 5) is 4.31. The fourth-order valence-corrected chi connectivity index (χ4v) is 1.97. The summed E-state index contributed by atoms with van der Waals surface area (Å²) in [5, 5.41) is 11.9. The second kappa shape index (κ2) is 5.61. The van der Waals surface area contributed by atoms with Crippen molar-refractivity contribution in [1.82, 2.24) is 4.98 Å². The maximum absolute atomic E-state index is 8.89. The molecule has 0 radical (unpaired) electrons. The number of hydrogen-bond donors (Lipinski definition) is 2. The summed E-state index contributed by atoms with van der Waals surface area (Å²) < 4.78 is 5.84. The highest BCUT2D eigenvalue weighted by molar-refractivity contribution is 6.00. The van der Waals surface area contributed by atoms with Crippen LogP contribution in [0.3, 0.4) is 0 Å². The third-order valence-corrected chi connectivity index (χ3v) is 2.90. The Labute approximate surface area is 117 Å². The molecule has 104 valence electrons. The predicted molar refractivity (Wildman–Crippen MR) is 77.5 cm³/mol. The Morgan fingerprint density at radius 1 is 1.20 bits per heavy atom. The topological polar surface area (TPSA) is 80.7 Å². The second-order valence-corrected chi connectivity index (χ2v) is 4.62. The molecule has 5 heteroatoms. The highest BCUT2D eigenvalue weighted by Gasteiger charge is 2.15. The van der Waals surface area contributed by atoms with Crippen LogP contribution >= 0.6 is 0 Å². The minimum atomic E-state index is -0.0166. The van der Waals surface area contributed by atoms with Crippen LogP contribution in [0.15, 0.2) is 35.5 Å². The standard InChI is InChI=1S/C15H17N3O2/c1-9-4-6-12(7-5-9)20-13-8-10(2)17-11(3)14(13)15(16)18-19/h4-8,19H,1-3H3,(H2,16,18). The Morgan fingerprint density at radius 3 is 2.45 bits per heavy atom. The number of aromatic nitrogens is 1. The normalized spacial score (nSPS) is 11.4. The first-order valence-corrected chi connectivity index (χ1v) is 6.22. The first kappa shape index (κ1) is 13.9. The highest BCUT2D eigenvalue weighted by atomic mass is 16.5. The number of aryl methyl sites for hydroxylation is 3. The zero-order chi connectivity index (χ0) is 14.7. The smallest absolute Gasteiger partial charge is 0.175 e. The van der Waals surface area contributed by atoms with Gasteiger partial charge in [0.05, 0.1) is 11.3 Å². The van der Waals surface area contributed by atoms with Crippen LogP contribution < -0.4 is 10.5 Å². The SMILES string of the molecule is Cc1ccc(Oc2cc(C)nc(C)c2/C(N)=N/O)cc1. The monoisotopic (exact) mass is 271 g/mol. The number of amidine groups is 1. The Morgan fingerprint density at radius 2 is 1.85 bits per heavy atom. The van der Waals surface area contributed by atoms with Crippen molar-refractivity contribution in [3.8, 4) is 11.5 Å². The van der Waals surface area contributed by atoms with Gasteiger partial charge in [-0.25, -0.2) is 0 Å². The molecule has 1 aromatic carbocycles. The number of oxime groups is 1. The van der Waals surface area contributed by atoms with Crippen LogP contribution in [0.5, 0.6) is 11.5 Å².